The van der Waals surface area contributed by atoms with Gasteiger partial charge in [-0.15, -0.1) is 0 Å². The monoisotopic (exact) mass is 290 g/mol. The topological polar surface area (TPSA) is 40.6 Å². The molecule has 0 bridgehead atoms. The van der Waals surface area contributed by atoms with Crippen LogP contribution in [0.2, 0.25) is 0 Å². The van der Waals surface area contributed by atoms with E-state index >= 15 is 0 Å². The van der Waals surface area contributed by atoms with Gasteiger partial charge in [0.05, 0.1) is 5.92 Å². The Balaban J connectivity index is 1.70. The molecule has 0 unspecified atom stereocenters. The second-order valence-electron chi connectivity index (χ2n) is 5.77. The van der Waals surface area contributed by atoms with E-state index in [9.17, 15) is 14.0 Å². The van der Waals surface area contributed by atoms with Gasteiger partial charge in [0.1, 0.15) is 5.82 Å². The van der Waals surface area contributed by atoms with E-state index in [2.05, 4.69) is 0 Å². The van der Waals surface area contributed by atoms with Crippen molar-refractivity contribution < 1.29 is 14.0 Å². The van der Waals surface area contributed by atoms with Gasteiger partial charge < -0.3 is 9.80 Å². The number of carbonyl (C=O) groups is 2. The maximum atomic E-state index is 13.3. The molecule has 2 amide bonds. The van der Waals surface area contributed by atoms with Gasteiger partial charge in [0, 0.05) is 31.7 Å². The molecule has 0 aliphatic carbocycles. The van der Waals surface area contributed by atoms with Crippen LogP contribution < -0.4 is 4.90 Å². The Morgan fingerprint density at radius 1 is 1.19 bits per heavy atom. The molecule has 0 saturated carbocycles. The van der Waals surface area contributed by atoms with Gasteiger partial charge in [0.25, 0.3) is 0 Å². The normalized spacial score (nSPS) is 22.7. The van der Waals surface area contributed by atoms with Gasteiger partial charge in [0.2, 0.25) is 11.8 Å². The second kappa shape index (κ2) is 5.84. The minimum absolute atomic E-state index is 0.0713. The molecule has 1 atom stereocenters. The lowest BCUT2D eigenvalue weighted by Gasteiger charge is -2.29. The zero-order valence-corrected chi connectivity index (χ0v) is 11.9. The van der Waals surface area contributed by atoms with Crippen LogP contribution in [-0.4, -0.2) is 36.3 Å². The summed E-state index contributed by atoms with van der Waals surface area (Å²) < 4.78 is 13.3. The van der Waals surface area contributed by atoms with Crippen LogP contribution in [0.5, 0.6) is 0 Å². The summed E-state index contributed by atoms with van der Waals surface area (Å²) in [5, 5.41) is 0. The lowest BCUT2D eigenvalue weighted by atomic mass is 10.0. The average molecular weight is 290 g/mol. The number of likely N-dealkylation sites (tertiary alicyclic amines) is 1. The molecular formula is C16H19FN2O2. The molecule has 2 aliphatic rings. The molecule has 0 radical (unpaired) electrons. The van der Waals surface area contributed by atoms with Gasteiger partial charge in [-0.2, -0.15) is 0 Å². The Hall–Kier alpha value is -1.91. The van der Waals surface area contributed by atoms with Crippen molar-refractivity contribution in [1.29, 1.82) is 0 Å². The molecule has 2 heterocycles. The zero-order chi connectivity index (χ0) is 14.8. The molecule has 2 fully saturated rings. The van der Waals surface area contributed by atoms with E-state index < -0.39 is 0 Å². The Morgan fingerprint density at radius 3 is 2.67 bits per heavy atom. The summed E-state index contributed by atoms with van der Waals surface area (Å²) in [5.41, 5.74) is 0.536. The van der Waals surface area contributed by atoms with Crippen molar-refractivity contribution in [3.05, 3.63) is 30.1 Å². The molecule has 5 heteroatoms. The van der Waals surface area contributed by atoms with E-state index in [0.29, 0.717) is 12.2 Å². The third-order valence-corrected chi connectivity index (χ3v) is 4.26. The van der Waals surface area contributed by atoms with Crippen LogP contribution in [0.1, 0.15) is 25.7 Å². The molecule has 2 aliphatic heterocycles. The number of halogens is 1. The van der Waals surface area contributed by atoms with Crippen molar-refractivity contribution in [2.75, 3.05) is 24.5 Å². The summed E-state index contributed by atoms with van der Waals surface area (Å²) in [6.07, 6.45) is 3.48. The highest BCUT2D eigenvalue weighted by atomic mass is 19.1. The van der Waals surface area contributed by atoms with E-state index in [1.54, 1.807) is 12.1 Å². The van der Waals surface area contributed by atoms with E-state index in [0.717, 1.165) is 25.9 Å². The smallest absolute Gasteiger partial charge is 0.228 e. The number of hydrogen-bond acceptors (Lipinski definition) is 2. The largest absolute Gasteiger partial charge is 0.342 e. The average Bonchev–Trinajstić information content (AvgIpc) is 2.89. The van der Waals surface area contributed by atoms with E-state index in [4.69, 9.17) is 0 Å². The van der Waals surface area contributed by atoms with Crippen molar-refractivity contribution in [1.82, 2.24) is 4.90 Å². The van der Waals surface area contributed by atoms with Crippen LogP contribution in [0.3, 0.4) is 0 Å². The number of benzene rings is 1. The van der Waals surface area contributed by atoms with Crippen molar-refractivity contribution in [2.45, 2.75) is 25.7 Å². The number of piperidine rings is 1. The third kappa shape index (κ3) is 2.91. The standard InChI is InChI=1S/C16H19FN2O2/c17-13-5-4-6-14(10-13)19-11-12(9-15(19)20)16(21)18-7-2-1-3-8-18/h4-6,10,12H,1-3,7-9,11H2/t12-/m0/s1. The molecule has 3 rings (SSSR count). The maximum absolute atomic E-state index is 13.3. The summed E-state index contributed by atoms with van der Waals surface area (Å²) in [6.45, 7) is 1.95. The number of anilines is 1. The molecule has 1 aromatic rings. The van der Waals surface area contributed by atoms with Gasteiger partial charge in [-0.05, 0) is 37.5 Å². The van der Waals surface area contributed by atoms with Crippen molar-refractivity contribution >= 4 is 17.5 Å². The fraction of sp³-hybridized carbons (Fsp3) is 0.500. The van der Waals surface area contributed by atoms with Crippen molar-refractivity contribution in [3.63, 3.8) is 0 Å². The maximum Gasteiger partial charge on any atom is 0.228 e. The first-order valence-corrected chi connectivity index (χ1v) is 7.50. The minimum atomic E-state index is -0.369. The van der Waals surface area contributed by atoms with Crippen LogP contribution in [0.25, 0.3) is 0 Å². The molecule has 112 valence electrons. The fourth-order valence-electron chi connectivity index (χ4n) is 3.14. The minimum Gasteiger partial charge on any atom is -0.342 e. The van der Waals surface area contributed by atoms with Crippen LogP contribution in [-0.2, 0) is 9.59 Å². The summed E-state index contributed by atoms with van der Waals surface area (Å²) in [4.78, 5) is 28.0. The Kier molecular flexibility index (Phi) is 3.90. The van der Waals surface area contributed by atoms with Crippen molar-refractivity contribution in [3.8, 4) is 0 Å². The van der Waals surface area contributed by atoms with Crippen LogP contribution in [0, 0.1) is 11.7 Å². The summed E-state index contributed by atoms with van der Waals surface area (Å²) in [6, 6.07) is 5.97. The Morgan fingerprint density at radius 2 is 1.95 bits per heavy atom. The van der Waals surface area contributed by atoms with Gasteiger partial charge in [-0.1, -0.05) is 6.07 Å². The summed E-state index contributed by atoms with van der Waals surface area (Å²) >= 11 is 0. The quantitative estimate of drug-likeness (QED) is 0.837. The molecule has 2 saturated heterocycles. The number of nitrogens with zero attached hydrogens (tertiary/aromatic N) is 2. The molecular weight excluding hydrogens is 271 g/mol. The lowest BCUT2D eigenvalue weighted by Crippen LogP contribution is -2.40. The Labute approximate surface area is 123 Å². The predicted octanol–water partition coefficient (Wildman–Crippen LogP) is 2.19. The summed E-state index contributed by atoms with van der Waals surface area (Å²) in [5.74, 6) is -0.692. The fourth-order valence-corrected chi connectivity index (χ4v) is 3.14. The first-order chi connectivity index (χ1) is 10.1. The lowest BCUT2D eigenvalue weighted by molar-refractivity contribution is -0.136. The van der Waals surface area contributed by atoms with Crippen LogP contribution in [0.4, 0.5) is 10.1 Å². The van der Waals surface area contributed by atoms with Crippen LogP contribution >= 0.6 is 0 Å². The van der Waals surface area contributed by atoms with E-state index in [1.807, 2.05) is 4.90 Å². The van der Waals surface area contributed by atoms with E-state index in [1.165, 1.54) is 23.5 Å². The predicted molar refractivity (Wildman–Crippen MR) is 77.3 cm³/mol. The number of carbonyl (C=O) groups excluding carboxylic acids is 2. The molecule has 0 aromatic heterocycles. The van der Waals surface area contributed by atoms with Gasteiger partial charge in [0.15, 0.2) is 0 Å². The van der Waals surface area contributed by atoms with Crippen LogP contribution in [0.15, 0.2) is 24.3 Å². The highest BCUT2D eigenvalue weighted by Gasteiger charge is 2.37. The number of hydrogen-bond donors (Lipinski definition) is 0. The Bertz CT molecular complexity index is 555. The first kappa shape index (κ1) is 14.0. The highest BCUT2D eigenvalue weighted by Crippen LogP contribution is 2.27. The van der Waals surface area contributed by atoms with Gasteiger partial charge in [-0.25, -0.2) is 4.39 Å². The molecule has 0 N–H and O–H groups in total. The zero-order valence-electron chi connectivity index (χ0n) is 11.9. The SMILES string of the molecule is O=C([C@H]1CC(=O)N(c2cccc(F)c2)C1)N1CCCCC1. The number of rotatable bonds is 2. The van der Waals surface area contributed by atoms with Gasteiger partial charge in [-0.3, -0.25) is 9.59 Å². The van der Waals surface area contributed by atoms with E-state index in [-0.39, 0.29) is 30.0 Å². The summed E-state index contributed by atoms with van der Waals surface area (Å²) in [7, 11) is 0. The molecule has 21 heavy (non-hydrogen) atoms. The molecule has 4 nitrogen and oxygen atoms in total. The highest BCUT2D eigenvalue weighted by molar-refractivity contribution is 6.00. The van der Waals surface area contributed by atoms with Crippen molar-refractivity contribution in [2.24, 2.45) is 5.92 Å². The molecule has 1 aromatic carbocycles. The first-order valence-electron chi connectivity index (χ1n) is 7.50. The second-order valence-corrected chi connectivity index (χ2v) is 5.77. The number of amides is 2. The third-order valence-electron chi connectivity index (χ3n) is 4.26. The van der Waals surface area contributed by atoms with Gasteiger partial charge >= 0.3 is 0 Å². The molecule has 0 spiro atoms.